The Kier molecular flexibility index (Phi) is 6.49. The van der Waals surface area contributed by atoms with Gasteiger partial charge in [-0.15, -0.1) is 6.42 Å². The van der Waals surface area contributed by atoms with Gasteiger partial charge in [0.2, 0.25) is 0 Å². The molecule has 0 saturated heterocycles. The van der Waals surface area contributed by atoms with Crippen molar-refractivity contribution < 1.29 is 9.47 Å². The highest BCUT2D eigenvalue weighted by Gasteiger charge is 2.07. The van der Waals surface area contributed by atoms with Crippen molar-refractivity contribution in [2.45, 2.75) is 6.92 Å². The smallest absolute Gasteiger partial charge is 0.162 e. The van der Waals surface area contributed by atoms with Crippen LogP contribution in [0.4, 0.5) is 0 Å². The van der Waals surface area contributed by atoms with Crippen LogP contribution in [0.2, 0.25) is 0 Å². The molecule has 0 unspecified atom stereocenters. The van der Waals surface area contributed by atoms with E-state index in [4.69, 9.17) is 15.9 Å². The second-order valence-corrected chi connectivity index (χ2v) is 5.72. The number of terminal acetylenes is 1. The normalized spacial score (nSPS) is 10.6. The summed E-state index contributed by atoms with van der Waals surface area (Å²) in [6, 6.07) is 15.3. The van der Waals surface area contributed by atoms with E-state index in [1.165, 1.54) is 0 Å². The summed E-state index contributed by atoms with van der Waals surface area (Å²) in [6.45, 7) is 2.59. The topological polar surface area (TPSA) is 42.2 Å². The van der Waals surface area contributed by atoms with Crippen molar-refractivity contribution in [2.24, 2.45) is 0 Å². The van der Waals surface area contributed by atoms with Crippen molar-refractivity contribution in [1.29, 1.82) is 5.26 Å². The van der Waals surface area contributed by atoms with Crippen molar-refractivity contribution in [3.05, 3.63) is 58.1 Å². The number of hydrogen-bond donors (Lipinski definition) is 0. The summed E-state index contributed by atoms with van der Waals surface area (Å²) in [6.07, 6.45) is 7.04. The zero-order valence-electron chi connectivity index (χ0n) is 13.3. The van der Waals surface area contributed by atoms with E-state index in [0.29, 0.717) is 23.7 Å². The summed E-state index contributed by atoms with van der Waals surface area (Å²) >= 11 is 3.39. The predicted octanol–water partition coefficient (Wildman–Crippen LogP) is 4.92. The zero-order valence-corrected chi connectivity index (χ0v) is 14.8. The van der Waals surface area contributed by atoms with Crippen molar-refractivity contribution in [3.8, 4) is 29.9 Å². The summed E-state index contributed by atoms with van der Waals surface area (Å²) in [5.74, 6) is 3.63. The van der Waals surface area contributed by atoms with E-state index in [1.54, 1.807) is 6.07 Å². The highest BCUT2D eigenvalue weighted by Crippen LogP contribution is 2.30. The Hall–Kier alpha value is -2.69. The molecule has 3 nitrogen and oxygen atoms in total. The molecule has 0 amide bonds. The van der Waals surface area contributed by atoms with Gasteiger partial charge in [-0.2, -0.15) is 5.26 Å². The summed E-state index contributed by atoms with van der Waals surface area (Å²) in [5.41, 5.74) is 2.28. The molecule has 2 aromatic rings. The number of ether oxygens (including phenoxy) is 2. The maximum atomic E-state index is 9.45. The molecule has 4 heteroatoms. The third-order valence-electron chi connectivity index (χ3n) is 3.17. The third-order valence-corrected chi connectivity index (χ3v) is 3.69. The molecule has 0 aromatic heterocycles. The Morgan fingerprint density at radius 2 is 1.92 bits per heavy atom. The second-order valence-electron chi connectivity index (χ2n) is 4.81. The van der Waals surface area contributed by atoms with E-state index in [2.05, 4.69) is 27.9 Å². The minimum atomic E-state index is 0.178. The van der Waals surface area contributed by atoms with Crippen molar-refractivity contribution in [3.63, 3.8) is 0 Å². The van der Waals surface area contributed by atoms with Gasteiger partial charge in [0.25, 0.3) is 0 Å². The Morgan fingerprint density at radius 1 is 1.17 bits per heavy atom. The van der Waals surface area contributed by atoms with E-state index in [0.717, 1.165) is 15.6 Å². The van der Waals surface area contributed by atoms with Crippen molar-refractivity contribution >= 4 is 27.6 Å². The number of allylic oxidation sites excluding steroid dienone is 1. The van der Waals surface area contributed by atoms with Gasteiger partial charge in [0.05, 0.1) is 18.2 Å². The monoisotopic (exact) mass is 381 g/mol. The fourth-order valence-corrected chi connectivity index (χ4v) is 2.36. The van der Waals surface area contributed by atoms with Gasteiger partial charge in [0, 0.05) is 4.47 Å². The highest BCUT2D eigenvalue weighted by molar-refractivity contribution is 9.10. The van der Waals surface area contributed by atoms with Gasteiger partial charge >= 0.3 is 0 Å². The number of nitriles is 1. The first-order valence-electron chi connectivity index (χ1n) is 7.38. The van der Waals surface area contributed by atoms with Crippen molar-refractivity contribution in [2.75, 3.05) is 13.2 Å². The first-order chi connectivity index (χ1) is 11.7. The molecule has 0 heterocycles. The first kappa shape index (κ1) is 17.7. The summed E-state index contributed by atoms with van der Waals surface area (Å²) < 4.78 is 12.0. The van der Waals surface area contributed by atoms with Crippen LogP contribution >= 0.6 is 15.9 Å². The fraction of sp³-hybridized carbons (Fsp3) is 0.150. The van der Waals surface area contributed by atoms with E-state index in [9.17, 15) is 5.26 Å². The van der Waals surface area contributed by atoms with Gasteiger partial charge in [-0.25, -0.2) is 0 Å². The number of halogens is 1. The summed E-state index contributed by atoms with van der Waals surface area (Å²) in [4.78, 5) is 0. The SMILES string of the molecule is C#CCOc1ccc(/C=C(\C#N)c2ccc(Br)cc2)cc1OCC. The number of benzene rings is 2. The van der Waals surface area contributed by atoms with Crippen LogP contribution in [0.5, 0.6) is 11.5 Å². The molecule has 0 fully saturated rings. The Morgan fingerprint density at radius 3 is 2.54 bits per heavy atom. The maximum absolute atomic E-state index is 9.45. The van der Waals surface area contributed by atoms with Crippen LogP contribution in [0.3, 0.4) is 0 Å². The molecule has 0 aliphatic carbocycles. The molecule has 0 spiro atoms. The standard InChI is InChI=1S/C20H16BrNO2/c1-3-11-24-19-10-5-15(13-20(19)23-4-2)12-17(14-22)16-6-8-18(21)9-7-16/h1,5-10,12-13H,4,11H2,2H3/b17-12+. The van der Waals surface area contributed by atoms with Gasteiger partial charge in [-0.05, 0) is 48.4 Å². The molecule has 0 aliphatic heterocycles. The quantitative estimate of drug-likeness (QED) is 0.405. The van der Waals surface area contributed by atoms with Gasteiger partial charge in [0.1, 0.15) is 6.61 Å². The van der Waals surface area contributed by atoms with Gasteiger partial charge in [-0.1, -0.05) is 40.0 Å². The number of rotatable bonds is 6. The molecule has 24 heavy (non-hydrogen) atoms. The van der Waals surface area contributed by atoms with E-state index in [1.807, 2.05) is 49.4 Å². The molecule has 120 valence electrons. The molecular formula is C20H16BrNO2. The molecule has 0 aliphatic rings. The molecule has 0 bridgehead atoms. The van der Waals surface area contributed by atoms with Crippen LogP contribution in [0.1, 0.15) is 18.1 Å². The van der Waals surface area contributed by atoms with Crippen LogP contribution in [0.25, 0.3) is 11.6 Å². The average Bonchev–Trinajstić information content (AvgIpc) is 2.60. The Labute approximate surface area is 150 Å². The van der Waals surface area contributed by atoms with Gasteiger partial charge in [-0.3, -0.25) is 0 Å². The lowest BCUT2D eigenvalue weighted by Gasteiger charge is -2.11. The lowest BCUT2D eigenvalue weighted by molar-refractivity contribution is 0.299. The van der Waals surface area contributed by atoms with Crippen LogP contribution in [-0.2, 0) is 0 Å². The summed E-state index contributed by atoms with van der Waals surface area (Å²) in [5, 5.41) is 9.45. The van der Waals surface area contributed by atoms with Crippen LogP contribution in [0.15, 0.2) is 46.9 Å². The van der Waals surface area contributed by atoms with Gasteiger partial charge < -0.3 is 9.47 Å². The molecule has 0 saturated carbocycles. The average molecular weight is 382 g/mol. The molecular weight excluding hydrogens is 366 g/mol. The largest absolute Gasteiger partial charge is 0.490 e. The van der Waals surface area contributed by atoms with Crippen LogP contribution in [-0.4, -0.2) is 13.2 Å². The molecule has 2 rings (SSSR count). The lowest BCUT2D eigenvalue weighted by Crippen LogP contribution is -1.99. The molecule has 0 atom stereocenters. The third kappa shape index (κ3) is 4.65. The summed E-state index contributed by atoms with van der Waals surface area (Å²) in [7, 11) is 0. The van der Waals surface area contributed by atoms with Crippen LogP contribution in [0, 0.1) is 23.7 Å². The molecule has 2 aromatic carbocycles. The van der Waals surface area contributed by atoms with E-state index in [-0.39, 0.29) is 6.61 Å². The first-order valence-corrected chi connectivity index (χ1v) is 8.18. The fourth-order valence-electron chi connectivity index (χ4n) is 2.10. The minimum absolute atomic E-state index is 0.178. The maximum Gasteiger partial charge on any atom is 0.162 e. The minimum Gasteiger partial charge on any atom is -0.490 e. The Balaban J connectivity index is 2.36. The predicted molar refractivity (Wildman–Crippen MR) is 99.6 cm³/mol. The van der Waals surface area contributed by atoms with Crippen molar-refractivity contribution in [1.82, 2.24) is 0 Å². The highest BCUT2D eigenvalue weighted by atomic mass is 79.9. The van der Waals surface area contributed by atoms with E-state index < -0.39 is 0 Å². The van der Waals surface area contributed by atoms with Gasteiger partial charge in [0.15, 0.2) is 11.5 Å². The molecule has 0 N–H and O–H groups in total. The van der Waals surface area contributed by atoms with Crippen LogP contribution < -0.4 is 9.47 Å². The number of nitrogens with zero attached hydrogens (tertiary/aromatic N) is 1. The second kappa shape index (κ2) is 8.82. The molecule has 0 radical (unpaired) electrons. The Bertz CT molecular complexity index is 811. The van der Waals surface area contributed by atoms with E-state index >= 15 is 0 Å². The zero-order chi connectivity index (χ0) is 17.4. The lowest BCUT2D eigenvalue weighted by atomic mass is 10.0. The number of hydrogen-bond acceptors (Lipinski definition) is 3.